The first kappa shape index (κ1) is 12.2. The van der Waals surface area contributed by atoms with Crippen molar-refractivity contribution in [2.24, 2.45) is 5.73 Å². The second-order valence-electron chi connectivity index (χ2n) is 4.95. The summed E-state index contributed by atoms with van der Waals surface area (Å²) in [5.74, 6) is 1.54. The highest BCUT2D eigenvalue weighted by Crippen LogP contribution is 2.41. The molecule has 1 aromatic rings. The van der Waals surface area contributed by atoms with E-state index in [2.05, 4.69) is 19.9 Å². The molecule has 1 aromatic carbocycles. The molecule has 4 heteroatoms. The van der Waals surface area contributed by atoms with Crippen LogP contribution in [0.25, 0.3) is 0 Å². The number of para-hydroxylation sites is 1. The highest BCUT2D eigenvalue weighted by molar-refractivity contribution is 7.80. The molecule has 1 atom stereocenters. The predicted octanol–water partition coefficient (Wildman–Crippen LogP) is 2.45. The van der Waals surface area contributed by atoms with Crippen LogP contribution < -0.4 is 15.2 Å². The van der Waals surface area contributed by atoms with Gasteiger partial charge in [-0.3, -0.25) is 0 Å². The van der Waals surface area contributed by atoms with E-state index in [1.807, 2.05) is 19.1 Å². The summed E-state index contributed by atoms with van der Waals surface area (Å²) in [5, 5.41) is 0. The number of ether oxygens (including phenoxy) is 2. The van der Waals surface area contributed by atoms with Gasteiger partial charge in [-0.15, -0.1) is 0 Å². The number of nitrogens with two attached hydrogens (primary N) is 1. The lowest BCUT2D eigenvalue weighted by molar-refractivity contribution is 0.131. The first-order valence-corrected chi connectivity index (χ1v) is 6.07. The number of thiocarbonyl (C=S) groups is 1. The van der Waals surface area contributed by atoms with Gasteiger partial charge in [-0.2, -0.15) is 0 Å². The molecule has 0 amide bonds. The number of hydrogen-bond donors (Lipinski definition) is 1. The Hall–Kier alpha value is -1.29. The van der Waals surface area contributed by atoms with Gasteiger partial charge >= 0.3 is 0 Å². The van der Waals surface area contributed by atoms with Crippen LogP contribution in [0.15, 0.2) is 18.2 Å². The standard InChI is InChI=1S/C13H17NO2S/c1-8(12(14)17)15-10-6-4-5-9-7-13(2,3)16-11(9)10/h4-6,8H,7H2,1-3H3,(H2,14,17). The summed E-state index contributed by atoms with van der Waals surface area (Å²) in [6.45, 7) is 5.96. The minimum Gasteiger partial charge on any atom is -0.483 e. The van der Waals surface area contributed by atoms with Crippen molar-refractivity contribution < 1.29 is 9.47 Å². The van der Waals surface area contributed by atoms with Gasteiger partial charge in [0, 0.05) is 12.0 Å². The van der Waals surface area contributed by atoms with Crippen LogP contribution in [0.5, 0.6) is 11.5 Å². The van der Waals surface area contributed by atoms with Gasteiger partial charge < -0.3 is 15.2 Å². The topological polar surface area (TPSA) is 44.5 Å². The monoisotopic (exact) mass is 251 g/mol. The van der Waals surface area contributed by atoms with Crippen molar-refractivity contribution in [1.29, 1.82) is 0 Å². The lowest BCUT2D eigenvalue weighted by Crippen LogP contribution is -2.29. The summed E-state index contributed by atoms with van der Waals surface area (Å²) in [5.41, 5.74) is 6.54. The highest BCUT2D eigenvalue weighted by atomic mass is 32.1. The molecule has 0 aliphatic carbocycles. The van der Waals surface area contributed by atoms with E-state index in [4.69, 9.17) is 27.4 Å². The fraction of sp³-hybridized carbons (Fsp3) is 0.462. The van der Waals surface area contributed by atoms with Crippen molar-refractivity contribution in [2.45, 2.75) is 38.9 Å². The molecule has 3 nitrogen and oxygen atoms in total. The first-order valence-electron chi connectivity index (χ1n) is 5.66. The number of rotatable bonds is 3. The second-order valence-corrected chi connectivity index (χ2v) is 5.42. The lowest BCUT2D eigenvalue weighted by atomic mass is 10.0. The van der Waals surface area contributed by atoms with Crippen LogP contribution >= 0.6 is 12.2 Å². The van der Waals surface area contributed by atoms with Gasteiger partial charge in [0.05, 0.1) is 0 Å². The fourth-order valence-corrected chi connectivity index (χ4v) is 1.98. The third-order valence-corrected chi connectivity index (χ3v) is 3.09. The van der Waals surface area contributed by atoms with Gasteiger partial charge in [0.15, 0.2) is 11.5 Å². The van der Waals surface area contributed by atoms with Gasteiger partial charge in [0.1, 0.15) is 16.7 Å². The summed E-state index contributed by atoms with van der Waals surface area (Å²) in [7, 11) is 0. The maximum atomic E-state index is 5.90. The normalized spacial score (nSPS) is 18.1. The van der Waals surface area contributed by atoms with E-state index in [9.17, 15) is 0 Å². The Bertz CT molecular complexity index is 457. The van der Waals surface area contributed by atoms with E-state index in [1.165, 1.54) is 5.56 Å². The van der Waals surface area contributed by atoms with Crippen LogP contribution in [0.1, 0.15) is 26.3 Å². The van der Waals surface area contributed by atoms with Gasteiger partial charge in [-0.1, -0.05) is 24.4 Å². The van der Waals surface area contributed by atoms with Crippen LogP contribution in [0.2, 0.25) is 0 Å². The minimum atomic E-state index is -0.288. The lowest BCUT2D eigenvalue weighted by Gasteiger charge is -2.19. The van der Waals surface area contributed by atoms with E-state index >= 15 is 0 Å². The highest BCUT2D eigenvalue weighted by Gasteiger charge is 2.32. The summed E-state index contributed by atoms with van der Waals surface area (Å²) in [6.07, 6.45) is 0.602. The molecule has 0 spiro atoms. The fourth-order valence-electron chi connectivity index (χ4n) is 1.93. The Kier molecular flexibility index (Phi) is 3.00. The van der Waals surface area contributed by atoms with Crippen molar-refractivity contribution in [2.75, 3.05) is 0 Å². The first-order chi connectivity index (χ1) is 7.89. The molecule has 2 rings (SSSR count). The minimum absolute atomic E-state index is 0.172. The molecular formula is C13H17NO2S. The summed E-state index contributed by atoms with van der Waals surface area (Å²) < 4.78 is 11.6. The number of hydrogen-bond acceptors (Lipinski definition) is 3. The molecule has 0 radical (unpaired) electrons. The van der Waals surface area contributed by atoms with Crippen molar-refractivity contribution in [3.05, 3.63) is 23.8 Å². The molecule has 1 aliphatic heterocycles. The Balaban J connectivity index is 2.27. The molecule has 1 unspecified atom stereocenters. The molecule has 0 aromatic heterocycles. The molecule has 0 saturated carbocycles. The Morgan fingerprint density at radius 1 is 1.53 bits per heavy atom. The Morgan fingerprint density at radius 3 is 2.88 bits per heavy atom. The molecule has 92 valence electrons. The second kappa shape index (κ2) is 4.18. The molecule has 1 heterocycles. The zero-order valence-electron chi connectivity index (χ0n) is 10.3. The van der Waals surface area contributed by atoms with Crippen molar-refractivity contribution in [1.82, 2.24) is 0 Å². The smallest absolute Gasteiger partial charge is 0.165 e. The molecule has 1 aliphatic rings. The third kappa shape index (κ3) is 2.52. The van der Waals surface area contributed by atoms with Crippen LogP contribution in [-0.2, 0) is 6.42 Å². The van der Waals surface area contributed by atoms with Gasteiger partial charge in [0.2, 0.25) is 0 Å². The quantitative estimate of drug-likeness (QED) is 0.838. The summed E-state index contributed by atoms with van der Waals surface area (Å²) >= 11 is 4.90. The average molecular weight is 251 g/mol. The van der Waals surface area contributed by atoms with Crippen molar-refractivity contribution in [3.8, 4) is 11.5 Å². The van der Waals surface area contributed by atoms with Gasteiger partial charge in [0.25, 0.3) is 0 Å². The SMILES string of the molecule is CC(Oc1cccc2c1OC(C)(C)C2)C(N)=S. The van der Waals surface area contributed by atoms with Crippen LogP contribution in [-0.4, -0.2) is 16.7 Å². The summed E-state index contributed by atoms with van der Waals surface area (Å²) in [4.78, 5) is 0.347. The van der Waals surface area contributed by atoms with E-state index in [0.29, 0.717) is 10.7 Å². The average Bonchev–Trinajstić information content (AvgIpc) is 2.53. The number of fused-ring (bicyclic) bond motifs is 1. The molecular weight excluding hydrogens is 234 g/mol. The van der Waals surface area contributed by atoms with Gasteiger partial charge in [-0.25, -0.2) is 0 Å². The largest absolute Gasteiger partial charge is 0.483 e. The van der Waals surface area contributed by atoms with Gasteiger partial charge in [-0.05, 0) is 26.8 Å². The predicted molar refractivity (Wildman–Crippen MR) is 71.7 cm³/mol. The van der Waals surface area contributed by atoms with E-state index in [1.54, 1.807) is 0 Å². The van der Waals surface area contributed by atoms with Crippen LogP contribution in [0.4, 0.5) is 0 Å². The summed E-state index contributed by atoms with van der Waals surface area (Å²) in [6, 6.07) is 5.91. The Morgan fingerprint density at radius 2 is 2.24 bits per heavy atom. The zero-order valence-corrected chi connectivity index (χ0v) is 11.1. The number of benzene rings is 1. The van der Waals surface area contributed by atoms with Crippen molar-refractivity contribution in [3.63, 3.8) is 0 Å². The molecule has 2 N–H and O–H groups in total. The van der Waals surface area contributed by atoms with Crippen LogP contribution in [0.3, 0.4) is 0 Å². The van der Waals surface area contributed by atoms with Crippen molar-refractivity contribution >= 4 is 17.2 Å². The molecule has 17 heavy (non-hydrogen) atoms. The zero-order chi connectivity index (χ0) is 12.6. The van der Waals surface area contributed by atoms with Crippen LogP contribution in [0, 0.1) is 0 Å². The Labute approximate surface area is 107 Å². The van der Waals surface area contributed by atoms with E-state index in [0.717, 1.165) is 12.2 Å². The third-order valence-electron chi connectivity index (χ3n) is 2.76. The molecule has 0 bridgehead atoms. The maximum Gasteiger partial charge on any atom is 0.165 e. The van der Waals surface area contributed by atoms with E-state index < -0.39 is 0 Å². The van der Waals surface area contributed by atoms with E-state index in [-0.39, 0.29) is 11.7 Å². The molecule has 0 fully saturated rings. The maximum absolute atomic E-state index is 5.90. The molecule has 0 saturated heterocycles.